The minimum atomic E-state index is -4.29. The number of rotatable bonds is 6. The summed E-state index contributed by atoms with van der Waals surface area (Å²) in [5.41, 5.74) is 1.49. The van der Waals surface area contributed by atoms with Gasteiger partial charge in [0.05, 0.1) is 5.56 Å². The van der Waals surface area contributed by atoms with Gasteiger partial charge in [0, 0.05) is 31.0 Å². The Balaban J connectivity index is 1.36. The van der Waals surface area contributed by atoms with Gasteiger partial charge in [-0.05, 0) is 80.1 Å². The summed E-state index contributed by atoms with van der Waals surface area (Å²) >= 11 is 0. The van der Waals surface area contributed by atoms with Crippen molar-refractivity contribution in [2.75, 3.05) is 13.1 Å². The zero-order chi connectivity index (χ0) is 19.6. The number of aromatic nitrogens is 1. The molecule has 0 bridgehead atoms. The average Bonchev–Trinajstić information content (AvgIpc) is 3.53. The second-order valence-electron chi connectivity index (χ2n) is 8.01. The number of alkyl halides is 3. The maximum Gasteiger partial charge on any atom is 0.416 e. The molecule has 0 unspecified atom stereocenters. The Morgan fingerprint density at radius 2 is 1.75 bits per heavy atom. The van der Waals surface area contributed by atoms with Crippen LogP contribution in [0.2, 0.25) is 0 Å². The first-order valence-corrected chi connectivity index (χ1v) is 10.0. The highest BCUT2D eigenvalue weighted by Gasteiger charge is 2.36. The molecule has 1 saturated carbocycles. The second-order valence-corrected chi connectivity index (χ2v) is 8.01. The first-order valence-electron chi connectivity index (χ1n) is 10.0. The molecule has 2 aromatic rings. The van der Waals surface area contributed by atoms with Crippen LogP contribution >= 0.6 is 0 Å². The number of hydrogen-bond acceptors (Lipinski definition) is 3. The van der Waals surface area contributed by atoms with E-state index in [-0.39, 0.29) is 6.04 Å². The molecule has 1 N–H and O–H groups in total. The lowest BCUT2D eigenvalue weighted by atomic mass is 9.96. The van der Waals surface area contributed by atoms with Gasteiger partial charge in [-0.1, -0.05) is 12.1 Å². The van der Waals surface area contributed by atoms with Gasteiger partial charge >= 0.3 is 6.18 Å². The number of halogens is 3. The molecule has 1 aliphatic heterocycles. The summed E-state index contributed by atoms with van der Waals surface area (Å²) < 4.78 is 39.3. The van der Waals surface area contributed by atoms with Gasteiger partial charge < -0.3 is 5.32 Å². The van der Waals surface area contributed by atoms with E-state index in [0.717, 1.165) is 56.9 Å². The first kappa shape index (κ1) is 19.4. The van der Waals surface area contributed by atoms with Gasteiger partial charge in [0.2, 0.25) is 0 Å². The van der Waals surface area contributed by atoms with E-state index in [1.165, 1.54) is 17.7 Å². The molecule has 0 amide bonds. The SMILES string of the molecule is FC(F)(F)c1cccc([C@H](NC2CCN(Cc3ccncc3)CC2)C2CC2)c1. The summed E-state index contributed by atoms with van der Waals surface area (Å²) in [5.74, 6) is 0.457. The van der Waals surface area contributed by atoms with Crippen LogP contribution < -0.4 is 5.32 Å². The fourth-order valence-electron chi connectivity index (χ4n) is 4.10. The monoisotopic (exact) mass is 389 g/mol. The van der Waals surface area contributed by atoms with E-state index in [1.54, 1.807) is 0 Å². The third kappa shape index (κ3) is 4.92. The lowest BCUT2D eigenvalue weighted by molar-refractivity contribution is -0.137. The van der Waals surface area contributed by atoms with E-state index >= 15 is 0 Å². The fourth-order valence-corrected chi connectivity index (χ4v) is 4.10. The number of nitrogens with zero attached hydrogens (tertiary/aromatic N) is 2. The molecular weight excluding hydrogens is 363 g/mol. The molecule has 28 heavy (non-hydrogen) atoms. The Bertz CT molecular complexity index is 766. The molecule has 1 aromatic heterocycles. The molecule has 2 fully saturated rings. The lowest BCUT2D eigenvalue weighted by Crippen LogP contribution is -2.43. The van der Waals surface area contributed by atoms with Gasteiger partial charge in [-0.2, -0.15) is 13.2 Å². The minimum Gasteiger partial charge on any atom is -0.307 e. The van der Waals surface area contributed by atoms with Crippen molar-refractivity contribution in [1.29, 1.82) is 0 Å². The van der Waals surface area contributed by atoms with Crippen molar-refractivity contribution < 1.29 is 13.2 Å². The Kier molecular flexibility index (Phi) is 5.69. The molecule has 1 saturated heterocycles. The molecule has 1 aromatic carbocycles. The Morgan fingerprint density at radius 1 is 1.04 bits per heavy atom. The average molecular weight is 389 g/mol. The third-order valence-electron chi connectivity index (χ3n) is 5.82. The van der Waals surface area contributed by atoms with E-state index < -0.39 is 11.7 Å². The Labute approximate surface area is 164 Å². The smallest absolute Gasteiger partial charge is 0.307 e. The molecule has 150 valence electrons. The van der Waals surface area contributed by atoms with Crippen LogP contribution in [-0.4, -0.2) is 29.0 Å². The number of likely N-dealkylation sites (tertiary alicyclic amines) is 1. The predicted molar refractivity (Wildman–Crippen MR) is 103 cm³/mol. The highest BCUT2D eigenvalue weighted by molar-refractivity contribution is 5.29. The second kappa shape index (κ2) is 8.21. The number of hydrogen-bond donors (Lipinski definition) is 1. The van der Waals surface area contributed by atoms with Crippen molar-refractivity contribution in [3.8, 4) is 0 Å². The number of piperidine rings is 1. The predicted octanol–water partition coefficient (Wildman–Crippen LogP) is 4.81. The highest BCUT2D eigenvalue weighted by atomic mass is 19.4. The largest absolute Gasteiger partial charge is 0.416 e. The van der Waals surface area contributed by atoms with Gasteiger partial charge in [0.25, 0.3) is 0 Å². The maximum atomic E-state index is 13.1. The molecule has 1 atom stereocenters. The lowest BCUT2D eigenvalue weighted by Gasteiger charge is -2.35. The molecule has 0 radical (unpaired) electrons. The van der Waals surface area contributed by atoms with Crippen molar-refractivity contribution in [2.45, 2.75) is 50.5 Å². The van der Waals surface area contributed by atoms with E-state index in [9.17, 15) is 13.2 Å². The molecule has 0 spiro atoms. The molecule has 6 heteroatoms. The molecule has 2 aliphatic rings. The topological polar surface area (TPSA) is 28.2 Å². The van der Waals surface area contributed by atoms with Crippen LogP contribution in [0.5, 0.6) is 0 Å². The van der Waals surface area contributed by atoms with Crippen LogP contribution in [0.15, 0.2) is 48.8 Å². The van der Waals surface area contributed by atoms with Crippen LogP contribution in [0.1, 0.15) is 48.4 Å². The zero-order valence-electron chi connectivity index (χ0n) is 15.8. The van der Waals surface area contributed by atoms with Crippen LogP contribution in [0, 0.1) is 5.92 Å². The molecule has 1 aliphatic carbocycles. The summed E-state index contributed by atoms with van der Waals surface area (Å²) in [7, 11) is 0. The summed E-state index contributed by atoms with van der Waals surface area (Å²) in [6.07, 6.45) is 3.57. The molecular formula is C22H26F3N3. The normalized spacial score (nSPS) is 20.2. The van der Waals surface area contributed by atoms with E-state index in [1.807, 2.05) is 30.6 Å². The van der Waals surface area contributed by atoms with Crippen molar-refractivity contribution in [2.24, 2.45) is 5.92 Å². The van der Waals surface area contributed by atoms with Gasteiger partial charge in [-0.15, -0.1) is 0 Å². The van der Waals surface area contributed by atoms with Crippen LogP contribution in [0.25, 0.3) is 0 Å². The number of benzene rings is 1. The fraction of sp³-hybridized carbons (Fsp3) is 0.500. The summed E-state index contributed by atoms with van der Waals surface area (Å²) in [4.78, 5) is 6.49. The van der Waals surface area contributed by atoms with Crippen molar-refractivity contribution in [3.63, 3.8) is 0 Å². The van der Waals surface area contributed by atoms with Crippen LogP contribution in [-0.2, 0) is 12.7 Å². The zero-order valence-corrected chi connectivity index (χ0v) is 15.8. The molecule has 3 nitrogen and oxygen atoms in total. The van der Waals surface area contributed by atoms with Crippen LogP contribution in [0.4, 0.5) is 13.2 Å². The third-order valence-corrected chi connectivity index (χ3v) is 5.82. The number of nitrogens with one attached hydrogen (secondary N) is 1. The highest BCUT2D eigenvalue weighted by Crippen LogP contribution is 2.42. The van der Waals surface area contributed by atoms with E-state index in [2.05, 4.69) is 15.2 Å². The van der Waals surface area contributed by atoms with Gasteiger partial charge in [0.15, 0.2) is 0 Å². The van der Waals surface area contributed by atoms with Crippen molar-refractivity contribution in [3.05, 3.63) is 65.5 Å². The maximum absolute atomic E-state index is 13.1. The summed E-state index contributed by atoms with van der Waals surface area (Å²) in [5, 5.41) is 3.69. The Morgan fingerprint density at radius 3 is 2.39 bits per heavy atom. The van der Waals surface area contributed by atoms with Gasteiger partial charge in [0.1, 0.15) is 0 Å². The standard InChI is InChI=1S/C22H26F3N3/c23-22(24,25)19-3-1-2-18(14-19)21(17-4-5-17)27-20-8-12-28(13-9-20)15-16-6-10-26-11-7-16/h1-3,6-7,10-11,14,17,20-21,27H,4-5,8-9,12-13,15H2/t21-/m1/s1. The molecule has 4 rings (SSSR count). The summed E-state index contributed by atoms with van der Waals surface area (Å²) in [6.45, 7) is 2.93. The van der Waals surface area contributed by atoms with Gasteiger partial charge in [-0.3, -0.25) is 9.88 Å². The van der Waals surface area contributed by atoms with Crippen molar-refractivity contribution in [1.82, 2.24) is 15.2 Å². The Hall–Kier alpha value is -1.92. The van der Waals surface area contributed by atoms with Crippen LogP contribution in [0.3, 0.4) is 0 Å². The van der Waals surface area contributed by atoms with Gasteiger partial charge in [-0.25, -0.2) is 0 Å². The van der Waals surface area contributed by atoms with Crippen molar-refractivity contribution >= 4 is 0 Å². The quantitative estimate of drug-likeness (QED) is 0.769. The van der Waals surface area contributed by atoms with E-state index in [4.69, 9.17) is 0 Å². The number of pyridine rings is 1. The minimum absolute atomic E-state index is 0.0269. The summed E-state index contributed by atoms with van der Waals surface area (Å²) in [6, 6.07) is 10.3. The van der Waals surface area contributed by atoms with E-state index in [0.29, 0.717) is 12.0 Å². The molecule has 2 heterocycles. The first-order chi connectivity index (χ1) is 13.5.